The van der Waals surface area contributed by atoms with E-state index in [9.17, 15) is 9.59 Å². The molecule has 132 valence electrons. The molecule has 0 fully saturated rings. The van der Waals surface area contributed by atoms with Crippen LogP contribution in [-0.2, 0) is 18.9 Å². The molecule has 0 rings (SSSR count). The molecule has 2 N–H and O–H groups in total. The fourth-order valence-electron chi connectivity index (χ4n) is 0.690. The Hall–Kier alpha value is -2.19. The predicted octanol–water partition coefficient (Wildman–Crippen LogP) is 3.36. The number of carbonyl (C=O) groups is 3. The number of hydrogen-bond acceptors (Lipinski definition) is 7. The van der Waals surface area contributed by atoms with E-state index in [4.69, 9.17) is 15.0 Å². The van der Waals surface area contributed by atoms with Crippen molar-refractivity contribution >= 4 is 18.5 Å². The van der Waals surface area contributed by atoms with Gasteiger partial charge < -0.3 is 29.2 Å². The van der Waals surface area contributed by atoms with Crippen molar-refractivity contribution in [1.29, 1.82) is 0 Å². The molecule has 0 radical (unpaired) electrons. The van der Waals surface area contributed by atoms with Crippen molar-refractivity contribution in [2.75, 3.05) is 26.4 Å². The third kappa shape index (κ3) is 36.1. The van der Waals surface area contributed by atoms with Gasteiger partial charge in [0.1, 0.15) is 0 Å². The predicted molar refractivity (Wildman–Crippen MR) is 77.2 cm³/mol. The Bertz CT molecular complexity index is 253. The Morgan fingerprint density at radius 2 is 0.955 bits per heavy atom. The molecule has 0 aromatic rings. The molecule has 0 amide bonds. The van der Waals surface area contributed by atoms with Crippen LogP contribution in [0, 0.1) is 0 Å². The minimum Gasteiger partial charge on any atom is -0.450 e. The molecule has 0 aliphatic carbocycles. The molecule has 0 aromatic heterocycles. The Morgan fingerprint density at radius 1 is 0.682 bits per heavy atom. The summed E-state index contributed by atoms with van der Waals surface area (Å²) >= 11 is 0. The number of hydrogen-bond donors (Lipinski definition) is 2. The van der Waals surface area contributed by atoms with Gasteiger partial charge in [0.05, 0.1) is 26.4 Å². The summed E-state index contributed by atoms with van der Waals surface area (Å²) in [5.74, 6) is 0. The molecule has 22 heavy (non-hydrogen) atoms. The fraction of sp³-hybridized carbons (Fsp3) is 0.769. The van der Waals surface area contributed by atoms with Gasteiger partial charge in [0, 0.05) is 0 Å². The van der Waals surface area contributed by atoms with E-state index in [1.165, 1.54) is 0 Å². The minimum absolute atomic E-state index is 0.378. The summed E-state index contributed by atoms with van der Waals surface area (Å²) in [6.45, 7) is 8.99. The number of carbonyl (C=O) groups excluding carboxylic acids is 2. The summed E-state index contributed by atoms with van der Waals surface area (Å²) in [7, 11) is 0. The van der Waals surface area contributed by atoms with E-state index in [1.54, 1.807) is 13.8 Å². The molecule has 0 aromatic carbocycles. The van der Waals surface area contributed by atoms with Crippen LogP contribution >= 0.6 is 0 Å². The average Bonchev–Trinajstić information content (AvgIpc) is 2.43. The summed E-state index contributed by atoms with van der Waals surface area (Å²) in [6, 6.07) is 0. The van der Waals surface area contributed by atoms with Gasteiger partial charge in [0.15, 0.2) is 0 Å². The first kappa shape index (κ1) is 24.8. The van der Waals surface area contributed by atoms with Crippen LogP contribution in [0.25, 0.3) is 0 Å². The van der Waals surface area contributed by atoms with Crippen molar-refractivity contribution in [3.8, 4) is 0 Å². The van der Waals surface area contributed by atoms with Crippen LogP contribution < -0.4 is 0 Å². The molecule has 0 saturated carbocycles. The van der Waals surface area contributed by atoms with Gasteiger partial charge in [-0.3, -0.25) is 0 Å². The van der Waals surface area contributed by atoms with Crippen molar-refractivity contribution in [2.24, 2.45) is 0 Å². The number of rotatable bonds is 6. The van der Waals surface area contributed by atoms with Crippen molar-refractivity contribution in [1.82, 2.24) is 0 Å². The number of carboxylic acid groups (broad SMARTS) is 2. The van der Waals surface area contributed by atoms with Gasteiger partial charge in [0.2, 0.25) is 0 Å². The Balaban J connectivity index is -0.000000266. The number of ether oxygens (including phenoxy) is 4. The highest BCUT2D eigenvalue weighted by Crippen LogP contribution is 1.86. The lowest BCUT2D eigenvalue weighted by molar-refractivity contribution is 0.0582. The summed E-state index contributed by atoms with van der Waals surface area (Å²) in [6.07, 6.45) is -1.31. The minimum atomic E-state index is -1.83. The van der Waals surface area contributed by atoms with Gasteiger partial charge in [-0.25, -0.2) is 14.4 Å². The zero-order valence-electron chi connectivity index (χ0n) is 13.5. The van der Waals surface area contributed by atoms with E-state index in [2.05, 4.69) is 18.9 Å². The van der Waals surface area contributed by atoms with E-state index in [0.717, 1.165) is 12.8 Å². The van der Waals surface area contributed by atoms with Crippen LogP contribution in [-0.4, -0.2) is 55.1 Å². The largest absolute Gasteiger partial charge is 0.508 e. The first-order valence-electron chi connectivity index (χ1n) is 6.86. The van der Waals surface area contributed by atoms with Gasteiger partial charge >= 0.3 is 18.5 Å². The zero-order valence-corrected chi connectivity index (χ0v) is 13.5. The van der Waals surface area contributed by atoms with Crippen LogP contribution in [0.15, 0.2) is 0 Å². The van der Waals surface area contributed by atoms with E-state index in [0.29, 0.717) is 26.4 Å². The molecule has 0 saturated heterocycles. The molecule has 0 spiro atoms. The van der Waals surface area contributed by atoms with E-state index in [1.807, 2.05) is 13.8 Å². The molecular weight excluding hydrogens is 300 g/mol. The van der Waals surface area contributed by atoms with Crippen molar-refractivity contribution in [2.45, 2.75) is 40.5 Å². The normalized spacial score (nSPS) is 8.18. The second kappa shape index (κ2) is 21.1. The first-order valence-corrected chi connectivity index (χ1v) is 6.86. The Labute approximate surface area is 130 Å². The SMILES string of the molecule is CCCOC(=O)OCC.CCCOC(=O)OCC.O=C(O)O. The maximum absolute atomic E-state index is 10.4. The molecular formula is C13H26O9. The van der Waals surface area contributed by atoms with Gasteiger partial charge in [-0.2, -0.15) is 0 Å². The second-order valence-corrected chi connectivity index (χ2v) is 3.35. The zero-order chi connectivity index (χ0) is 17.8. The molecule has 0 aliphatic rings. The van der Waals surface area contributed by atoms with Crippen molar-refractivity contribution < 1.29 is 43.5 Å². The van der Waals surface area contributed by atoms with Crippen molar-refractivity contribution in [3.05, 3.63) is 0 Å². The second-order valence-electron chi connectivity index (χ2n) is 3.35. The van der Waals surface area contributed by atoms with Gasteiger partial charge in [-0.05, 0) is 26.7 Å². The Kier molecular flexibility index (Phi) is 23.8. The third-order valence-electron chi connectivity index (χ3n) is 1.37. The van der Waals surface area contributed by atoms with Gasteiger partial charge in [-0.15, -0.1) is 0 Å². The highest BCUT2D eigenvalue weighted by molar-refractivity contribution is 5.59. The summed E-state index contributed by atoms with van der Waals surface area (Å²) < 4.78 is 18.1. The molecule has 0 bridgehead atoms. The smallest absolute Gasteiger partial charge is 0.450 e. The molecule has 0 heterocycles. The topological polar surface area (TPSA) is 129 Å². The maximum Gasteiger partial charge on any atom is 0.508 e. The Morgan fingerprint density at radius 3 is 1.14 bits per heavy atom. The van der Waals surface area contributed by atoms with Crippen LogP contribution in [0.3, 0.4) is 0 Å². The third-order valence-corrected chi connectivity index (χ3v) is 1.37. The van der Waals surface area contributed by atoms with Gasteiger partial charge in [0.25, 0.3) is 0 Å². The first-order chi connectivity index (χ1) is 10.3. The van der Waals surface area contributed by atoms with Crippen LogP contribution in [0.5, 0.6) is 0 Å². The highest BCUT2D eigenvalue weighted by atomic mass is 16.7. The summed E-state index contributed by atoms with van der Waals surface area (Å²) in [5, 5.41) is 13.9. The molecule has 0 atom stereocenters. The van der Waals surface area contributed by atoms with Crippen LogP contribution in [0.2, 0.25) is 0 Å². The van der Waals surface area contributed by atoms with E-state index in [-0.39, 0.29) is 0 Å². The van der Waals surface area contributed by atoms with Crippen molar-refractivity contribution in [3.63, 3.8) is 0 Å². The highest BCUT2D eigenvalue weighted by Gasteiger charge is 1.98. The molecule has 9 nitrogen and oxygen atoms in total. The van der Waals surface area contributed by atoms with Gasteiger partial charge in [-0.1, -0.05) is 13.8 Å². The summed E-state index contributed by atoms with van der Waals surface area (Å²) in [4.78, 5) is 29.3. The lowest BCUT2D eigenvalue weighted by atomic mass is 10.5. The molecule has 0 aliphatic heterocycles. The average molecular weight is 326 g/mol. The summed E-state index contributed by atoms with van der Waals surface area (Å²) in [5.41, 5.74) is 0. The van der Waals surface area contributed by atoms with Crippen LogP contribution in [0.1, 0.15) is 40.5 Å². The van der Waals surface area contributed by atoms with E-state index < -0.39 is 18.5 Å². The molecule has 0 unspecified atom stereocenters. The van der Waals surface area contributed by atoms with E-state index >= 15 is 0 Å². The lowest BCUT2D eigenvalue weighted by Gasteiger charge is -2.00. The molecule has 9 heteroatoms. The monoisotopic (exact) mass is 326 g/mol. The standard InChI is InChI=1S/2C6H12O3.CH2O3/c2*1-3-5-9-6(7)8-4-2;2-1(3)4/h2*3-5H2,1-2H3;(H2,2,3,4). The maximum atomic E-state index is 10.4. The van der Waals surface area contributed by atoms with Crippen LogP contribution in [0.4, 0.5) is 14.4 Å². The fourth-order valence-corrected chi connectivity index (χ4v) is 0.690. The lowest BCUT2D eigenvalue weighted by Crippen LogP contribution is -2.07. The quantitative estimate of drug-likeness (QED) is 0.705.